The number of anilines is 1. The number of unbranched alkanes of at least 4 members (excludes halogenated alkanes) is 7. The van der Waals surface area contributed by atoms with Gasteiger partial charge in [-0.25, -0.2) is 23.1 Å². The highest BCUT2D eigenvalue weighted by molar-refractivity contribution is 7.99. The van der Waals surface area contributed by atoms with Crippen molar-refractivity contribution in [1.29, 1.82) is 0 Å². The molecule has 1 atom stereocenters. The van der Waals surface area contributed by atoms with Gasteiger partial charge in [0.25, 0.3) is 21.8 Å². The minimum absolute atomic E-state index is 0.0107. The molecule has 5 rings (SSSR count). The first-order valence-electron chi connectivity index (χ1n) is 20.2. The topological polar surface area (TPSA) is 144 Å². The van der Waals surface area contributed by atoms with Crippen LogP contribution in [0.5, 0.6) is 11.5 Å². The van der Waals surface area contributed by atoms with E-state index in [1.165, 1.54) is 19.9 Å². The van der Waals surface area contributed by atoms with Gasteiger partial charge in [-0.1, -0.05) is 78.0 Å². The second-order valence-electron chi connectivity index (χ2n) is 16.1. The van der Waals surface area contributed by atoms with Crippen LogP contribution in [0.25, 0.3) is 0 Å². The van der Waals surface area contributed by atoms with Gasteiger partial charge >= 0.3 is 6.09 Å². The molecule has 0 saturated carbocycles. The summed E-state index contributed by atoms with van der Waals surface area (Å²) in [5, 5.41) is 3.02. The molecule has 1 fully saturated rings. The molecule has 1 N–H and O–H groups in total. The molecule has 314 valence electrons. The number of amidine groups is 1. The van der Waals surface area contributed by atoms with Gasteiger partial charge in [0.15, 0.2) is 17.5 Å². The van der Waals surface area contributed by atoms with Gasteiger partial charge in [-0.3, -0.25) is 13.9 Å². The average molecular weight is 835 g/mol. The number of sulfonamides is 1. The lowest BCUT2D eigenvalue weighted by Gasteiger charge is -2.35. The third-order valence-corrected chi connectivity index (χ3v) is 13.2. The number of fused-ring (bicyclic) bond motifs is 1. The van der Waals surface area contributed by atoms with E-state index in [4.69, 9.17) is 19.2 Å². The van der Waals surface area contributed by atoms with Crippen molar-refractivity contribution in [1.82, 2.24) is 9.21 Å². The van der Waals surface area contributed by atoms with Crippen LogP contribution in [0.15, 0.2) is 81.5 Å². The van der Waals surface area contributed by atoms with Gasteiger partial charge in [0.2, 0.25) is 0 Å². The van der Waals surface area contributed by atoms with E-state index in [-0.39, 0.29) is 28.4 Å². The molecule has 1 unspecified atom stereocenters. The molecule has 3 aromatic rings. The summed E-state index contributed by atoms with van der Waals surface area (Å²) >= 11 is 1.58. The Hall–Kier alpha value is -4.56. The molecule has 3 aromatic carbocycles. The number of nitrogens with one attached hydrogen (secondary N) is 1. The van der Waals surface area contributed by atoms with Gasteiger partial charge in [0.05, 0.1) is 25.1 Å². The summed E-state index contributed by atoms with van der Waals surface area (Å²) in [4.78, 5) is 48.6. The number of amides is 3. The molecule has 58 heavy (non-hydrogen) atoms. The normalized spacial score (nSPS) is 16.4. The number of benzene rings is 3. The van der Waals surface area contributed by atoms with Gasteiger partial charge in [-0.2, -0.15) is 0 Å². The lowest BCUT2D eigenvalue weighted by molar-refractivity contribution is -0.137. The number of hydrogen-bond acceptors (Lipinski definition) is 10. The first-order chi connectivity index (χ1) is 27.6. The summed E-state index contributed by atoms with van der Waals surface area (Å²) in [7, 11) is -2.61. The molecular weight excluding hydrogens is 777 g/mol. The van der Waals surface area contributed by atoms with Crippen molar-refractivity contribution in [2.45, 2.75) is 126 Å². The number of imide groups is 1. The van der Waals surface area contributed by atoms with Gasteiger partial charge < -0.3 is 19.5 Å². The van der Waals surface area contributed by atoms with Crippen molar-refractivity contribution in [3.05, 3.63) is 72.3 Å². The number of nitrogens with zero attached hydrogens (tertiary/aromatic N) is 3. The van der Waals surface area contributed by atoms with E-state index in [1.54, 1.807) is 37.1 Å². The highest BCUT2D eigenvalue weighted by Crippen LogP contribution is 2.38. The van der Waals surface area contributed by atoms with Crippen LogP contribution < -0.4 is 14.8 Å². The molecule has 1 saturated heterocycles. The number of carbonyl (C=O) groups excluding carboxylic acids is 3. The lowest BCUT2D eigenvalue weighted by Crippen LogP contribution is -2.59. The summed E-state index contributed by atoms with van der Waals surface area (Å²) in [6.07, 6.45) is 6.96. The smallest absolute Gasteiger partial charge is 0.418 e. The van der Waals surface area contributed by atoms with Crippen LogP contribution in [0.1, 0.15) is 105 Å². The Bertz CT molecular complexity index is 2060. The standard InChI is InChI=1S/C44H58N4O8S2/c1-8-9-10-11-12-16-27-47-39(45-34-19-14-15-20-37(34)58(47,52)53)38(48-41(50)44(5,6)56-42(48)51)40(49)46-35-30-31(43(2,3)4)21-26-36(35)57-29-18-13-17-28-55-33-24-22-32(54-7)23-25-33/h14-15,19-26,30,38H,8-13,16-18,27-29H2,1-7H3,(H,46,49). The second kappa shape index (κ2) is 19.5. The Kier molecular flexibility index (Phi) is 14.9. The fourth-order valence-corrected chi connectivity index (χ4v) is 9.38. The van der Waals surface area contributed by atoms with Crippen molar-refractivity contribution in [3.63, 3.8) is 0 Å². The van der Waals surface area contributed by atoms with Crippen LogP contribution in [0.2, 0.25) is 0 Å². The summed E-state index contributed by atoms with van der Waals surface area (Å²) in [5.74, 6) is 0.521. The zero-order chi connectivity index (χ0) is 42.1. The highest BCUT2D eigenvalue weighted by Gasteiger charge is 2.55. The summed E-state index contributed by atoms with van der Waals surface area (Å²) in [6.45, 7) is 11.8. The van der Waals surface area contributed by atoms with Crippen molar-refractivity contribution < 1.29 is 37.0 Å². The molecule has 12 nitrogen and oxygen atoms in total. The molecule has 2 aliphatic heterocycles. The maximum Gasteiger partial charge on any atom is 0.418 e. The number of hydrogen-bond donors (Lipinski definition) is 1. The lowest BCUT2D eigenvalue weighted by atomic mass is 9.87. The molecule has 2 aliphatic rings. The van der Waals surface area contributed by atoms with Crippen LogP contribution in [-0.4, -0.2) is 79.0 Å². The number of carbonyl (C=O) groups is 3. The van der Waals surface area contributed by atoms with Crippen LogP contribution in [-0.2, 0) is 29.8 Å². The quantitative estimate of drug-likeness (QED) is 0.0870. The predicted octanol–water partition coefficient (Wildman–Crippen LogP) is 9.49. The van der Waals surface area contributed by atoms with E-state index in [9.17, 15) is 22.8 Å². The van der Waals surface area contributed by atoms with Crippen molar-refractivity contribution in [3.8, 4) is 11.5 Å². The van der Waals surface area contributed by atoms with Crippen LogP contribution in [0.3, 0.4) is 0 Å². The Morgan fingerprint density at radius 2 is 1.59 bits per heavy atom. The molecule has 3 amide bonds. The number of methoxy groups -OCH3 is 1. The monoisotopic (exact) mass is 834 g/mol. The zero-order valence-electron chi connectivity index (χ0n) is 34.8. The first-order valence-corrected chi connectivity index (χ1v) is 22.6. The Balaban J connectivity index is 1.42. The number of ether oxygens (including phenoxy) is 3. The van der Waals surface area contributed by atoms with E-state index in [2.05, 4.69) is 33.0 Å². The van der Waals surface area contributed by atoms with Gasteiger partial charge in [0.1, 0.15) is 16.4 Å². The SMILES string of the molecule is CCCCCCCCN1C(C(C(=O)Nc2cc(C(C)(C)C)ccc2SCCCCCOc2ccc(OC)cc2)N2C(=O)OC(C)(C)C2=O)=Nc2ccccc2S1(=O)=O. The summed E-state index contributed by atoms with van der Waals surface area (Å²) in [6, 6.07) is 17.9. The second-order valence-corrected chi connectivity index (χ2v) is 19.1. The number of aliphatic imine (C=N–C) groups is 1. The van der Waals surface area contributed by atoms with E-state index in [0.717, 1.165) is 88.3 Å². The summed E-state index contributed by atoms with van der Waals surface area (Å²) < 4.78 is 46.4. The van der Waals surface area contributed by atoms with E-state index in [0.29, 0.717) is 18.7 Å². The third kappa shape index (κ3) is 10.7. The molecule has 14 heteroatoms. The number of cyclic esters (lactones) is 1. The Morgan fingerprint density at radius 3 is 2.26 bits per heavy atom. The number of thioether (sulfide) groups is 1. The molecule has 0 aromatic heterocycles. The largest absolute Gasteiger partial charge is 0.497 e. The number of para-hydroxylation sites is 1. The molecular formula is C44H58N4O8S2. The van der Waals surface area contributed by atoms with Crippen molar-refractivity contribution in [2.24, 2.45) is 4.99 Å². The van der Waals surface area contributed by atoms with Crippen LogP contribution in [0, 0.1) is 0 Å². The maximum atomic E-state index is 14.9. The van der Waals surface area contributed by atoms with Gasteiger partial charge in [-0.15, -0.1) is 11.8 Å². The molecule has 0 aliphatic carbocycles. The molecule has 0 radical (unpaired) electrons. The maximum absolute atomic E-state index is 14.9. The third-order valence-electron chi connectivity index (χ3n) is 10.1. The summed E-state index contributed by atoms with van der Waals surface area (Å²) in [5.41, 5.74) is -0.304. The van der Waals surface area contributed by atoms with E-state index >= 15 is 0 Å². The molecule has 0 bridgehead atoms. The van der Waals surface area contributed by atoms with Crippen molar-refractivity contribution in [2.75, 3.05) is 31.3 Å². The highest BCUT2D eigenvalue weighted by atomic mass is 32.2. The first kappa shape index (κ1) is 44.5. The van der Waals surface area contributed by atoms with E-state index < -0.39 is 39.6 Å². The Morgan fingerprint density at radius 1 is 0.914 bits per heavy atom. The van der Waals surface area contributed by atoms with Crippen molar-refractivity contribution >= 4 is 56.9 Å². The fourth-order valence-electron chi connectivity index (χ4n) is 6.76. The zero-order valence-corrected chi connectivity index (χ0v) is 36.5. The Labute approximate surface area is 348 Å². The minimum Gasteiger partial charge on any atom is -0.497 e. The number of rotatable bonds is 20. The molecule has 2 heterocycles. The van der Waals surface area contributed by atoms with Gasteiger partial charge in [0, 0.05) is 11.4 Å². The minimum atomic E-state index is -4.23. The van der Waals surface area contributed by atoms with E-state index in [1.807, 2.05) is 42.5 Å². The van der Waals surface area contributed by atoms with Crippen LogP contribution >= 0.6 is 11.8 Å². The van der Waals surface area contributed by atoms with Crippen LogP contribution in [0.4, 0.5) is 16.2 Å². The fraction of sp³-hybridized carbons (Fsp3) is 0.500. The average Bonchev–Trinajstić information content (AvgIpc) is 3.38. The van der Waals surface area contributed by atoms with Gasteiger partial charge in [-0.05, 0) is 105 Å². The predicted molar refractivity (Wildman–Crippen MR) is 229 cm³/mol. The molecule has 0 spiro atoms.